The quantitative estimate of drug-likeness (QED) is 0.0223. The number of carboxylic acids is 2. The molecule has 0 aliphatic carbocycles. The second-order valence-electron chi connectivity index (χ2n) is 11.7. The molecule has 1 aromatic rings. The summed E-state index contributed by atoms with van der Waals surface area (Å²) in [6.07, 6.45) is 1.57. The number of aliphatic hydroxyl groups is 1. The molecule has 0 fully saturated rings. The molecule has 0 saturated heterocycles. The highest BCUT2D eigenvalue weighted by Gasteiger charge is 2.29. The average Bonchev–Trinajstić information content (AvgIpc) is 3.55. The number of aliphatic carboxylic acids is 2. The van der Waals surface area contributed by atoms with E-state index in [4.69, 9.17) is 36.3 Å². The van der Waals surface area contributed by atoms with E-state index in [1.165, 1.54) is 0 Å². The van der Waals surface area contributed by atoms with Gasteiger partial charge in [0.05, 0.1) is 64.1 Å². The largest absolute Gasteiger partial charge is 0.481 e. The van der Waals surface area contributed by atoms with Gasteiger partial charge in [-0.2, -0.15) is 0 Å². The molecule has 292 valence electrons. The van der Waals surface area contributed by atoms with Crippen LogP contribution in [0.15, 0.2) is 11.2 Å². The van der Waals surface area contributed by atoms with Crippen molar-refractivity contribution in [2.75, 3.05) is 52.7 Å². The monoisotopic (exact) mass is 741 g/mol. The second kappa shape index (κ2) is 25.9. The highest BCUT2D eigenvalue weighted by molar-refractivity contribution is 5.94. The van der Waals surface area contributed by atoms with Crippen LogP contribution in [-0.2, 0) is 56.0 Å². The smallest absolute Gasteiger partial charge is 0.328 e. The van der Waals surface area contributed by atoms with Crippen LogP contribution in [0.1, 0.15) is 57.6 Å². The Labute approximate surface area is 300 Å². The fourth-order valence-electron chi connectivity index (χ4n) is 4.55. The summed E-state index contributed by atoms with van der Waals surface area (Å²) in [5.74, 6) is -9.01. The highest BCUT2D eigenvalue weighted by atomic mass is 16.5. The maximum Gasteiger partial charge on any atom is 0.328 e. The zero-order chi connectivity index (χ0) is 38.9. The Morgan fingerprint density at radius 2 is 1.56 bits per heavy atom. The molecule has 10 N–H and O–H groups in total. The Balaban J connectivity index is 2.64. The van der Waals surface area contributed by atoms with Gasteiger partial charge in [0.1, 0.15) is 6.04 Å². The number of hydrogen-bond acceptors (Lipinski definition) is 13. The minimum absolute atomic E-state index is 0.0274. The molecule has 1 heterocycles. The first-order chi connectivity index (χ1) is 24.7. The number of rotatable bonds is 30. The molecule has 0 bridgehead atoms. The summed E-state index contributed by atoms with van der Waals surface area (Å²) in [4.78, 5) is 89.5. The van der Waals surface area contributed by atoms with Crippen LogP contribution in [-0.4, -0.2) is 136 Å². The third-order valence-corrected chi connectivity index (χ3v) is 7.23. The van der Waals surface area contributed by atoms with E-state index in [1.807, 2.05) is 12.2 Å². The molecule has 3 amide bonds. The summed E-state index contributed by atoms with van der Waals surface area (Å²) in [5, 5.41) is 42.2. The molecular weight excluding hydrogens is 690 g/mol. The number of carboxylic acid groups (broad SMARTS) is 2. The van der Waals surface area contributed by atoms with Gasteiger partial charge < -0.3 is 52.2 Å². The number of ketones is 2. The topological polar surface area (TPSA) is 330 Å². The maximum absolute atomic E-state index is 13.0. The van der Waals surface area contributed by atoms with Gasteiger partial charge in [-0.1, -0.05) is 12.1 Å². The van der Waals surface area contributed by atoms with E-state index >= 15 is 0 Å². The molecule has 0 radical (unpaired) electrons. The number of nitrogens with one attached hydrogen (secondary N) is 3. The van der Waals surface area contributed by atoms with Crippen LogP contribution in [0.2, 0.25) is 0 Å². The molecule has 21 nitrogen and oxygen atoms in total. The van der Waals surface area contributed by atoms with Crippen molar-refractivity contribution < 1.29 is 58.4 Å². The van der Waals surface area contributed by atoms with Gasteiger partial charge in [0.15, 0.2) is 17.5 Å². The molecule has 0 spiro atoms. The number of aromatic nitrogens is 3. The van der Waals surface area contributed by atoms with Gasteiger partial charge >= 0.3 is 11.9 Å². The molecule has 0 aromatic carbocycles. The Morgan fingerprint density at radius 3 is 2.17 bits per heavy atom. The second-order valence-corrected chi connectivity index (χ2v) is 11.7. The zero-order valence-corrected chi connectivity index (χ0v) is 29.3. The van der Waals surface area contributed by atoms with Crippen LogP contribution in [0, 0.1) is 11.8 Å². The molecule has 21 heteroatoms. The lowest BCUT2D eigenvalue weighted by Crippen LogP contribution is -2.47. The van der Waals surface area contributed by atoms with Crippen molar-refractivity contribution in [3.05, 3.63) is 11.9 Å². The zero-order valence-electron chi connectivity index (χ0n) is 29.3. The van der Waals surface area contributed by atoms with Crippen molar-refractivity contribution in [1.29, 1.82) is 0 Å². The molecular formula is C31H51N9O12. The van der Waals surface area contributed by atoms with Gasteiger partial charge in [-0.25, -0.2) is 9.48 Å². The standard InChI is InChI=1S/C31H51N9O12/c1-2-9-51-11-12-52-10-8-40-18-22(38-39-40)5-6-26(44)35-16-23(42)13-20(4-3-7-34-31(32)33)28(47)36-17-24(43)14-21(15-27(45)46)29(48)37-25(19-41)30(49)50/h18,20-21,25,41H,2-17,19H2,1H3,(H,35,44)(H,36,47)(H,37,48)(H,45,46)(H,49,50)(H4,32,33,34)/t20-,21+,25+/m1/s1. The van der Waals surface area contributed by atoms with E-state index in [0.29, 0.717) is 45.1 Å². The molecule has 0 aliphatic heterocycles. The Bertz CT molecular complexity index is 1350. The van der Waals surface area contributed by atoms with Gasteiger partial charge in [0.2, 0.25) is 17.7 Å². The fraction of sp³-hybridized carbons (Fsp3) is 0.677. The van der Waals surface area contributed by atoms with Crippen LogP contribution in [0.5, 0.6) is 0 Å². The normalized spacial score (nSPS) is 12.6. The lowest BCUT2D eigenvalue weighted by molar-refractivity contribution is -0.145. The van der Waals surface area contributed by atoms with Crippen molar-refractivity contribution in [3.63, 3.8) is 0 Å². The van der Waals surface area contributed by atoms with E-state index in [1.54, 1.807) is 10.9 Å². The lowest BCUT2D eigenvalue weighted by Gasteiger charge is -2.19. The maximum atomic E-state index is 13.0. The van der Waals surface area contributed by atoms with E-state index in [2.05, 4.69) is 25.9 Å². The third-order valence-electron chi connectivity index (χ3n) is 7.23. The summed E-state index contributed by atoms with van der Waals surface area (Å²) in [5.41, 5.74) is 11.2. The number of hydrogen-bond donors (Lipinski definition) is 8. The van der Waals surface area contributed by atoms with E-state index < -0.39 is 85.1 Å². The van der Waals surface area contributed by atoms with Crippen molar-refractivity contribution >= 4 is 47.2 Å². The van der Waals surface area contributed by atoms with E-state index in [0.717, 1.165) is 6.42 Å². The van der Waals surface area contributed by atoms with Crippen molar-refractivity contribution in [2.45, 2.75) is 70.9 Å². The van der Waals surface area contributed by atoms with E-state index in [9.17, 15) is 33.6 Å². The first-order valence-corrected chi connectivity index (χ1v) is 16.8. The van der Waals surface area contributed by atoms with Gasteiger partial charge in [0, 0.05) is 50.9 Å². The highest BCUT2D eigenvalue weighted by Crippen LogP contribution is 2.14. The summed E-state index contributed by atoms with van der Waals surface area (Å²) >= 11 is 0. The third kappa shape index (κ3) is 20.6. The van der Waals surface area contributed by atoms with Crippen LogP contribution in [0.3, 0.4) is 0 Å². The van der Waals surface area contributed by atoms with Gasteiger partial charge in [0.25, 0.3) is 0 Å². The predicted molar refractivity (Wildman–Crippen MR) is 181 cm³/mol. The Morgan fingerprint density at radius 1 is 0.904 bits per heavy atom. The predicted octanol–water partition coefficient (Wildman–Crippen LogP) is -2.87. The van der Waals surface area contributed by atoms with E-state index in [-0.39, 0.29) is 44.7 Å². The van der Waals surface area contributed by atoms with Crippen LogP contribution in [0.4, 0.5) is 0 Å². The fourth-order valence-corrected chi connectivity index (χ4v) is 4.55. The number of carbonyl (C=O) groups is 7. The average molecular weight is 742 g/mol. The number of Topliss-reactive ketones (excluding diaryl/α,β-unsaturated/α-hetero) is 2. The first kappa shape index (κ1) is 45.0. The molecule has 1 aromatic heterocycles. The number of nitrogens with two attached hydrogens (primary N) is 2. The first-order valence-electron chi connectivity index (χ1n) is 16.8. The summed E-state index contributed by atoms with van der Waals surface area (Å²) < 4.78 is 12.4. The van der Waals surface area contributed by atoms with Crippen LogP contribution in [0.25, 0.3) is 0 Å². The molecule has 0 aliphatic rings. The number of ether oxygens (including phenoxy) is 2. The lowest BCUT2D eigenvalue weighted by atomic mass is 9.95. The molecule has 52 heavy (non-hydrogen) atoms. The van der Waals surface area contributed by atoms with Crippen LogP contribution >= 0.6 is 0 Å². The molecule has 1 rings (SSSR count). The minimum Gasteiger partial charge on any atom is -0.481 e. The molecule has 0 unspecified atom stereocenters. The number of amides is 3. The number of aryl methyl sites for hydroxylation is 1. The van der Waals surface area contributed by atoms with Gasteiger partial charge in [-0.3, -0.25) is 33.8 Å². The Hall–Kier alpha value is -5.02. The molecule has 3 atom stereocenters. The summed E-state index contributed by atoms with van der Waals surface area (Å²) in [7, 11) is 0. The number of aliphatic imine (C=N–C) groups is 1. The minimum atomic E-state index is -1.71. The van der Waals surface area contributed by atoms with Gasteiger partial charge in [-0.15, -0.1) is 5.10 Å². The number of aliphatic hydroxyl groups excluding tert-OH is 1. The van der Waals surface area contributed by atoms with Crippen molar-refractivity contribution in [1.82, 2.24) is 30.9 Å². The Kier molecular flexibility index (Phi) is 22.4. The van der Waals surface area contributed by atoms with Crippen LogP contribution < -0.4 is 27.4 Å². The number of guanidine groups is 1. The SMILES string of the molecule is CCCOCCOCCn1cc(CCC(=O)NCC(=O)C[C@@H](CCCN=C(N)N)C(=O)NCC(=O)C[C@@H](CC(=O)O)C(=O)N[C@@H](CO)C(=O)O)nn1. The van der Waals surface area contributed by atoms with Crippen molar-refractivity contribution in [3.8, 4) is 0 Å². The number of nitrogens with zero attached hydrogens (tertiary/aromatic N) is 4. The molecule has 0 saturated carbocycles. The van der Waals surface area contributed by atoms with Gasteiger partial charge in [-0.05, 0) is 19.3 Å². The summed E-state index contributed by atoms with van der Waals surface area (Å²) in [6.45, 7) is 2.77. The summed E-state index contributed by atoms with van der Waals surface area (Å²) in [6, 6.07) is -1.71. The van der Waals surface area contributed by atoms with Crippen molar-refractivity contribution in [2.24, 2.45) is 28.3 Å². The number of carbonyl (C=O) groups excluding carboxylic acids is 5.